The Labute approximate surface area is 160 Å². The molecule has 3 rings (SSSR count). The molecule has 2 bridgehead atoms. The first-order valence-electron chi connectivity index (χ1n) is 9.73. The van der Waals surface area contributed by atoms with Crippen molar-refractivity contribution in [2.45, 2.75) is 45.6 Å². The second-order valence-corrected chi connectivity index (χ2v) is 7.85. The Morgan fingerprint density at radius 3 is 2.63 bits per heavy atom. The van der Waals surface area contributed by atoms with Gasteiger partial charge in [0.1, 0.15) is 6.54 Å². The number of carbonyl (C=O) groups excluding carboxylic acids is 3. The predicted molar refractivity (Wildman–Crippen MR) is 101 cm³/mol. The molecule has 1 aromatic rings. The topological polar surface area (TPSA) is 84.5 Å². The quantitative estimate of drug-likeness (QED) is 0.719. The zero-order valence-corrected chi connectivity index (χ0v) is 16.0. The number of esters is 1. The van der Waals surface area contributed by atoms with Gasteiger partial charge in [0, 0.05) is 11.6 Å². The fraction of sp³-hybridized carbons (Fsp3) is 0.571. The molecule has 2 amide bonds. The highest BCUT2D eigenvalue weighted by molar-refractivity contribution is 5.97. The molecule has 2 saturated carbocycles. The zero-order valence-electron chi connectivity index (χ0n) is 16.0. The number of benzene rings is 1. The van der Waals surface area contributed by atoms with Crippen molar-refractivity contribution in [1.29, 1.82) is 0 Å². The minimum atomic E-state index is -0.625. The summed E-state index contributed by atoms with van der Waals surface area (Å²) in [6.07, 6.45) is 5.08. The Morgan fingerprint density at radius 1 is 1.19 bits per heavy atom. The molecular weight excluding hydrogens is 344 g/mol. The van der Waals surface area contributed by atoms with Crippen LogP contribution in [0.15, 0.2) is 24.3 Å². The molecular formula is C21H28N2O4. The third-order valence-electron chi connectivity index (χ3n) is 5.97. The van der Waals surface area contributed by atoms with E-state index in [1.807, 2.05) is 26.0 Å². The number of rotatable bonds is 7. The summed E-state index contributed by atoms with van der Waals surface area (Å²) in [7, 11) is 0. The summed E-state index contributed by atoms with van der Waals surface area (Å²) >= 11 is 0. The van der Waals surface area contributed by atoms with E-state index in [0.29, 0.717) is 11.5 Å². The van der Waals surface area contributed by atoms with Crippen molar-refractivity contribution in [2.75, 3.05) is 13.2 Å². The third-order valence-corrected chi connectivity index (χ3v) is 5.97. The van der Waals surface area contributed by atoms with Gasteiger partial charge in [-0.05, 0) is 62.5 Å². The molecule has 146 valence electrons. The summed E-state index contributed by atoms with van der Waals surface area (Å²) in [5.74, 6) is 0.846. The molecule has 2 fully saturated rings. The maximum Gasteiger partial charge on any atom is 0.325 e. The van der Waals surface area contributed by atoms with Gasteiger partial charge in [0.25, 0.3) is 11.8 Å². The molecule has 0 radical (unpaired) electrons. The molecule has 6 nitrogen and oxygen atoms in total. The highest BCUT2D eigenvalue weighted by Gasteiger charge is 2.42. The van der Waals surface area contributed by atoms with E-state index in [9.17, 15) is 14.4 Å². The molecule has 2 aliphatic rings. The lowest BCUT2D eigenvalue weighted by Crippen LogP contribution is -2.42. The maximum absolute atomic E-state index is 12.1. The van der Waals surface area contributed by atoms with Gasteiger partial charge in [0.2, 0.25) is 0 Å². The number of ether oxygens (including phenoxy) is 1. The lowest BCUT2D eigenvalue weighted by molar-refractivity contribution is -0.147. The Kier molecular flexibility index (Phi) is 6.14. The predicted octanol–water partition coefficient (Wildman–Crippen LogP) is 2.21. The smallest absolute Gasteiger partial charge is 0.325 e. The van der Waals surface area contributed by atoms with Crippen LogP contribution in [0.4, 0.5) is 0 Å². The van der Waals surface area contributed by atoms with Gasteiger partial charge >= 0.3 is 5.97 Å². The normalized spacial score (nSPS) is 24.3. The van der Waals surface area contributed by atoms with E-state index in [-0.39, 0.29) is 31.0 Å². The van der Waals surface area contributed by atoms with Gasteiger partial charge in [-0.2, -0.15) is 0 Å². The van der Waals surface area contributed by atoms with Crippen LogP contribution in [-0.4, -0.2) is 37.0 Å². The fourth-order valence-corrected chi connectivity index (χ4v) is 4.58. The molecule has 0 aliphatic heterocycles. The van der Waals surface area contributed by atoms with Crippen LogP contribution >= 0.6 is 0 Å². The van der Waals surface area contributed by atoms with Gasteiger partial charge in [-0.15, -0.1) is 0 Å². The number of hydrogen-bond donors (Lipinski definition) is 2. The van der Waals surface area contributed by atoms with Crippen LogP contribution in [0.3, 0.4) is 0 Å². The van der Waals surface area contributed by atoms with E-state index in [0.717, 1.165) is 17.4 Å². The molecule has 0 unspecified atom stereocenters. The molecule has 27 heavy (non-hydrogen) atoms. The van der Waals surface area contributed by atoms with Crippen LogP contribution in [0.25, 0.3) is 0 Å². The molecule has 2 N–H and O–H groups in total. The lowest BCUT2D eigenvalue weighted by atomic mass is 9.84. The first kappa shape index (κ1) is 19.4. The van der Waals surface area contributed by atoms with Crippen LogP contribution in [0.1, 0.15) is 48.5 Å². The van der Waals surface area contributed by atoms with Crippen molar-refractivity contribution in [3.8, 4) is 0 Å². The molecule has 4 atom stereocenters. The summed E-state index contributed by atoms with van der Waals surface area (Å²) in [6.45, 7) is 3.29. The SMILES string of the molecule is Cc1ccccc1C(=O)NCC(=O)OCC(=O)N[C@@H](C)[C@@H]1C[C@@H]2CC[C@@H]1C2. The van der Waals surface area contributed by atoms with Crippen LogP contribution in [-0.2, 0) is 14.3 Å². The summed E-state index contributed by atoms with van der Waals surface area (Å²) < 4.78 is 4.98. The molecule has 0 aromatic heterocycles. The minimum Gasteiger partial charge on any atom is -0.454 e. The number of amides is 2. The molecule has 0 spiro atoms. The monoisotopic (exact) mass is 372 g/mol. The van der Waals surface area contributed by atoms with Crippen LogP contribution in [0, 0.1) is 24.7 Å². The zero-order chi connectivity index (χ0) is 19.4. The van der Waals surface area contributed by atoms with Crippen LogP contribution in [0.5, 0.6) is 0 Å². The minimum absolute atomic E-state index is 0.104. The van der Waals surface area contributed by atoms with Crippen LogP contribution < -0.4 is 10.6 Å². The Morgan fingerprint density at radius 2 is 1.96 bits per heavy atom. The molecule has 6 heteroatoms. The summed E-state index contributed by atoms with van der Waals surface area (Å²) in [5.41, 5.74) is 1.35. The van der Waals surface area contributed by atoms with Crippen molar-refractivity contribution in [1.82, 2.24) is 10.6 Å². The molecule has 0 heterocycles. The Hall–Kier alpha value is -2.37. The standard InChI is InChI=1S/C21H28N2O4/c1-13-5-3-4-6-17(13)21(26)22-11-20(25)27-12-19(24)23-14(2)18-10-15-7-8-16(18)9-15/h3-6,14-16,18H,7-12H2,1-2H3,(H,22,26)(H,23,24)/t14-,15+,16+,18-/m0/s1. The van der Waals surface area contributed by atoms with Crippen molar-refractivity contribution >= 4 is 17.8 Å². The average molecular weight is 372 g/mol. The Balaban J connectivity index is 1.35. The van der Waals surface area contributed by atoms with Crippen molar-refractivity contribution < 1.29 is 19.1 Å². The second kappa shape index (κ2) is 8.55. The van der Waals surface area contributed by atoms with E-state index in [1.165, 1.54) is 25.7 Å². The van der Waals surface area contributed by atoms with Crippen molar-refractivity contribution in [3.05, 3.63) is 35.4 Å². The lowest BCUT2D eigenvalue weighted by Gasteiger charge is -2.28. The van der Waals surface area contributed by atoms with Gasteiger partial charge < -0.3 is 15.4 Å². The fourth-order valence-electron chi connectivity index (χ4n) is 4.58. The molecule has 2 aliphatic carbocycles. The van der Waals surface area contributed by atoms with E-state index in [2.05, 4.69) is 10.6 Å². The summed E-state index contributed by atoms with van der Waals surface area (Å²) in [5, 5.41) is 5.48. The highest BCUT2D eigenvalue weighted by atomic mass is 16.5. The highest BCUT2D eigenvalue weighted by Crippen LogP contribution is 2.49. The van der Waals surface area contributed by atoms with Gasteiger partial charge in [-0.1, -0.05) is 24.6 Å². The summed E-state index contributed by atoms with van der Waals surface area (Å²) in [6, 6.07) is 7.24. The van der Waals surface area contributed by atoms with E-state index in [4.69, 9.17) is 4.74 Å². The van der Waals surface area contributed by atoms with Gasteiger partial charge in [-0.25, -0.2) is 0 Å². The number of carbonyl (C=O) groups is 3. The Bertz CT molecular complexity index is 718. The van der Waals surface area contributed by atoms with Gasteiger partial charge in [-0.3, -0.25) is 14.4 Å². The van der Waals surface area contributed by atoms with Crippen molar-refractivity contribution in [3.63, 3.8) is 0 Å². The molecule has 0 saturated heterocycles. The number of fused-ring (bicyclic) bond motifs is 2. The van der Waals surface area contributed by atoms with E-state index in [1.54, 1.807) is 12.1 Å². The number of hydrogen-bond acceptors (Lipinski definition) is 4. The first-order chi connectivity index (χ1) is 12.9. The third kappa shape index (κ3) is 4.87. The van der Waals surface area contributed by atoms with Crippen molar-refractivity contribution in [2.24, 2.45) is 17.8 Å². The first-order valence-corrected chi connectivity index (χ1v) is 9.73. The average Bonchev–Trinajstić information content (AvgIpc) is 3.28. The van der Waals surface area contributed by atoms with Crippen LogP contribution in [0.2, 0.25) is 0 Å². The van der Waals surface area contributed by atoms with Gasteiger partial charge in [0.05, 0.1) is 0 Å². The number of nitrogens with one attached hydrogen (secondary N) is 2. The maximum atomic E-state index is 12.1. The summed E-state index contributed by atoms with van der Waals surface area (Å²) in [4.78, 5) is 35.9. The van der Waals surface area contributed by atoms with E-state index < -0.39 is 5.97 Å². The molecule has 1 aromatic carbocycles. The largest absolute Gasteiger partial charge is 0.454 e. The number of aryl methyl sites for hydroxylation is 1. The second-order valence-electron chi connectivity index (χ2n) is 7.85. The van der Waals surface area contributed by atoms with Gasteiger partial charge in [0.15, 0.2) is 6.61 Å². The van der Waals surface area contributed by atoms with E-state index >= 15 is 0 Å².